The molecular weight excluding hydrogens is 282 g/mol. The van der Waals surface area contributed by atoms with Gasteiger partial charge in [-0.25, -0.2) is 4.98 Å². The van der Waals surface area contributed by atoms with Gasteiger partial charge in [-0.15, -0.1) is 11.8 Å². The molecule has 0 aliphatic carbocycles. The Labute approximate surface area is 122 Å². The number of thioether (sulfide) groups is 1. The van der Waals surface area contributed by atoms with Gasteiger partial charge in [0.25, 0.3) is 0 Å². The molecule has 0 bridgehead atoms. The second-order valence-electron chi connectivity index (χ2n) is 4.73. The van der Waals surface area contributed by atoms with Gasteiger partial charge in [0.15, 0.2) is 0 Å². The molecule has 0 spiro atoms. The molecule has 2 N–H and O–H groups in total. The minimum absolute atomic E-state index is 0.0457. The number of halogens is 1. The molecular formula is C13H18ClN3OS. The molecule has 1 saturated heterocycles. The summed E-state index contributed by atoms with van der Waals surface area (Å²) in [6, 6.07) is 5.25. The van der Waals surface area contributed by atoms with Crippen LogP contribution in [0.1, 0.15) is 19.8 Å². The lowest BCUT2D eigenvalue weighted by atomic mass is 10.1. The zero-order valence-corrected chi connectivity index (χ0v) is 12.5. The summed E-state index contributed by atoms with van der Waals surface area (Å²) in [6.07, 6.45) is 1.94. The van der Waals surface area contributed by atoms with E-state index in [0.717, 1.165) is 31.0 Å². The third kappa shape index (κ3) is 4.09. The van der Waals surface area contributed by atoms with Crippen LogP contribution in [0, 0.1) is 0 Å². The second kappa shape index (κ2) is 6.59. The van der Waals surface area contributed by atoms with Gasteiger partial charge in [0.05, 0.1) is 11.1 Å². The molecule has 1 aromatic rings. The van der Waals surface area contributed by atoms with E-state index in [1.165, 1.54) is 0 Å². The van der Waals surface area contributed by atoms with Crippen LogP contribution in [0.2, 0.25) is 5.15 Å². The SMILES string of the molecule is CC(N)C(=O)N1CCC(Sc2cccc(Cl)n2)CC1. The minimum atomic E-state index is -0.404. The highest BCUT2D eigenvalue weighted by Crippen LogP contribution is 2.29. The number of rotatable bonds is 3. The van der Waals surface area contributed by atoms with E-state index in [1.807, 2.05) is 17.0 Å². The van der Waals surface area contributed by atoms with E-state index < -0.39 is 6.04 Å². The molecule has 1 fully saturated rings. The van der Waals surface area contributed by atoms with Crippen LogP contribution in [0.15, 0.2) is 23.2 Å². The Morgan fingerprint density at radius 3 is 2.79 bits per heavy atom. The molecule has 0 aromatic carbocycles. The van der Waals surface area contributed by atoms with E-state index in [0.29, 0.717) is 10.4 Å². The highest BCUT2D eigenvalue weighted by atomic mass is 35.5. The number of pyridine rings is 1. The summed E-state index contributed by atoms with van der Waals surface area (Å²) in [5, 5.41) is 1.96. The number of nitrogens with zero attached hydrogens (tertiary/aromatic N) is 2. The Morgan fingerprint density at radius 2 is 2.21 bits per heavy atom. The van der Waals surface area contributed by atoms with Gasteiger partial charge in [-0.05, 0) is 31.9 Å². The van der Waals surface area contributed by atoms with Crippen LogP contribution in [-0.4, -0.2) is 40.2 Å². The maximum atomic E-state index is 11.8. The lowest BCUT2D eigenvalue weighted by Gasteiger charge is -2.32. The van der Waals surface area contributed by atoms with Crippen LogP contribution in [0.3, 0.4) is 0 Å². The summed E-state index contributed by atoms with van der Waals surface area (Å²) in [4.78, 5) is 17.9. The van der Waals surface area contributed by atoms with Gasteiger partial charge in [0, 0.05) is 18.3 Å². The fourth-order valence-electron chi connectivity index (χ4n) is 2.11. The van der Waals surface area contributed by atoms with Crippen molar-refractivity contribution in [3.63, 3.8) is 0 Å². The molecule has 1 aliphatic heterocycles. The number of aromatic nitrogens is 1. The first-order valence-electron chi connectivity index (χ1n) is 6.40. The van der Waals surface area contributed by atoms with Crippen LogP contribution < -0.4 is 5.73 Å². The quantitative estimate of drug-likeness (QED) is 0.869. The lowest BCUT2D eigenvalue weighted by Crippen LogP contribution is -2.46. The molecule has 1 aromatic heterocycles. The van der Waals surface area contributed by atoms with Crippen molar-refractivity contribution in [2.75, 3.05) is 13.1 Å². The third-order valence-electron chi connectivity index (χ3n) is 3.12. The van der Waals surface area contributed by atoms with Crippen LogP contribution in [-0.2, 0) is 4.79 Å². The number of piperidine rings is 1. The number of nitrogens with two attached hydrogens (primary N) is 1. The van der Waals surface area contributed by atoms with Gasteiger partial charge >= 0.3 is 0 Å². The van der Waals surface area contributed by atoms with E-state index in [-0.39, 0.29) is 5.91 Å². The topological polar surface area (TPSA) is 59.2 Å². The number of hydrogen-bond donors (Lipinski definition) is 1. The van der Waals surface area contributed by atoms with Crippen LogP contribution >= 0.6 is 23.4 Å². The minimum Gasteiger partial charge on any atom is -0.341 e. The fraction of sp³-hybridized carbons (Fsp3) is 0.538. The van der Waals surface area contributed by atoms with Crippen molar-refractivity contribution in [3.05, 3.63) is 23.4 Å². The number of hydrogen-bond acceptors (Lipinski definition) is 4. The molecule has 2 rings (SSSR count). The van der Waals surface area contributed by atoms with Crippen molar-refractivity contribution in [1.29, 1.82) is 0 Å². The average molecular weight is 300 g/mol. The molecule has 4 nitrogen and oxygen atoms in total. The Morgan fingerprint density at radius 1 is 1.53 bits per heavy atom. The Kier molecular flexibility index (Phi) is 5.07. The summed E-state index contributed by atoms with van der Waals surface area (Å²) in [6.45, 7) is 3.29. The Balaban J connectivity index is 1.85. The number of carbonyl (C=O) groups is 1. The zero-order chi connectivity index (χ0) is 13.8. The molecule has 0 saturated carbocycles. The van der Waals surface area contributed by atoms with Crippen molar-refractivity contribution in [2.24, 2.45) is 5.73 Å². The monoisotopic (exact) mass is 299 g/mol. The highest BCUT2D eigenvalue weighted by Gasteiger charge is 2.25. The van der Waals surface area contributed by atoms with E-state index >= 15 is 0 Å². The molecule has 1 amide bonds. The smallest absolute Gasteiger partial charge is 0.239 e. The largest absolute Gasteiger partial charge is 0.341 e. The van der Waals surface area contributed by atoms with Crippen LogP contribution in [0.25, 0.3) is 0 Å². The van der Waals surface area contributed by atoms with Gasteiger partial charge < -0.3 is 10.6 Å². The number of likely N-dealkylation sites (tertiary alicyclic amines) is 1. The van der Waals surface area contributed by atoms with Crippen molar-refractivity contribution in [2.45, 2.75) is 36.1 Å². The van der Waals surface area contributed by atoms with E-state index in [4.69, 9.17) is 17.3 Å². The van der Waals surface area contributed by atoms with Crippen LogP contribution in [0.5, 0.6) is 0 Å². The second-order valence-corrected chi connectivity index (χ2v) is 6.44. The van der Waals surface area contributed by atoms with Crippen molar-refractivity contribution in [3.8, 4) is 0 Å². The predicted molar refractivity (Wildman–Crippen MR) is 78.4 cm³/mol. The molecule has 0 radical (unpaired) electrons. The first-order valence-corrected chi connectivity index (χ1v) is 7.65. The van der Waals surface area contributed by atoms with E-state index in [9.17, 15) is 4.79 Å². The fourth-order valence-corrected chi connectivity index (χ4v) is 3.42. The third-order valence-corrected chi connectivity index (χ3v) is 4.60. The normalized spacial score (nSPS) is 18.4. The van der Waals surface area contributed by atoms with Gasteiger partial charge in [0.2, 0.25) is 5.91 Å². The molecule has 2 heterocycles. The molecule has 1 unspecified atom stereocenters. The molecule has 6 heteroatoms. The maximum Gasteiger partial charge on any atom is 0.239 e. The molecule has 1 aliphatic rings. The first-order chi connectivity index (χ1) is 9.06. The molecule has 104 valence electrons. The summed E-state index contributed by atoms with van der Waals surface area (Å²) in [7, 11) is 0. The van der Waals surface area contributed by atoms with Gasteiger partial charge in [-0.1, -0.05) is 17.7 Å². The Hall–Kier alpha value is -0.780. The molecule has 1 atom stereocenters. The Bertz CT molecular complexity index is 447. The summed E-state index contributed by atoms with van der Waals surface area (Å²) in [5.74, 6) is 0.0457. The summed E-state index contributed by atoms with van der Waals surface area (Å²) >= 11 is 7.61. The lowest BCUT2D eigenvalue weighted by molar-refractivity contribution is -0.132. The molecule has 19 heavy (non-hydrogen) atoms. The summed E-state index contributed by atoms with van der Waals surface area (Å²) < 4.78 is 0. The van der Waals surface area contributed by atoms with Crippen molar-refractivity contribution < 1.29 is 4.79 Å². The van der Waals surface area contributed by atoms with E-state index in [1.54, 1.807) is 24.8 Å². The summed E-state index contributed by atoms with van der Waals surface area (Å²) in [5.41, 5.74) is 5.62. The van der Waals surface area contributed by atoms with E-state index in [2.05, 4.69) is 4.98 Å². The van der Waals surface area contributed by atoms with Gasteiger partial charge in [-0.3, -0.25) is 4.79 Å². The predicted octanol–water partition coefficient (Wildman–Crippen LogP) is 2.17. The zero-order valence-electron chi connectivity index (χ0n) is 10.9. The number of amides is 1. The van der Waals surface area contributed by atoms with Crippen molar-refractivity contribution >= 4 is 29.3 Å². The van der Waals surface area contributed by atoms with Crippen molar-refractivity contribution in [1.82, 2.24) is 9.88 Å². The average Bonchev–Trinajstić information content (AvgIpc) is 2.39. The highest BCUT2D eigenvalue weighted by molar-refractivity contribution is 7.99. The maximum absolute atomic E-state index is 11.8. The van der Waals surface area contributed by atoms with Gasteiger partial charge in [0.1, 0.15) is 5.15 Å². The standard InChI is InChI=1S/C13H18ClN3OS/c1-9(15)13(18)17-7-5-10(6-8-17)19-12-4-2-3-11(14)16-12/h2-4,9-10H,5-8,15H2,1H3. The number of carbonyl (C=O) groups excluding carboxylic acids is 1. The van der Waals surface area contributed by atoms with Gasteiger partial charge in [-0.2, -0.15) is 0 Å². The van der Waals surface area contributed by atoms with Crippen LogP contribution in [0.4, 0.5) is 0 Å². The first kappa shape index (κ1) is 14.6.